The second-order valence-corrected chi connectivity index (χ2v) is 5.68. The lowest BCUT2D eigenvalue weighted by molar-refractivity contribution is 0.0721. The third-order valence-corrected chi connectivity index (χ3v) is 4.24. The summed E-state index contributed by atoms with van der Waals surface area (Å²) in [6, 6.07) is 0.260. The minimum atomic E-state index is -0.0208. The van der Waals surface area contributed by atoms with Crippen molar-refractivity contribution in [2.75, 3.05) is 7.05 Å². The third kappa shape index (κ3) is 2.44. The Morgan fingerprint density at radius 1 is 1.32 bits per heavy atom. The summed E-state index contributed by atoms with van der Waals surface area (Å²) in [5.41, 5.74) is 2.75. The number of carbonyl (C=O) groups is 2. The monoisotopic (exact) mass is 262 g/mol. The van der Waals surface area contributed by atoms with Crippen LogP contribution < -0.4 is 0 Å². The molecule has 1 aliphatic carbocycles. The highest BCUT2D eigenvalue weighted by molar-refractivity contribution is 6.02. The normalized spacial score (nSPS) is 16.3. The van der Waals surface area contributed by atoms with Gasteiger partial charge in [0.05, 0.1) is 0 Å². The number of aryl methyl sites for hydroxylation is 1. The molecule has 1 atom stereocenters. The molecule has 1 N–H and O–H groups in total. The molecule has 0 unspecified atom stereocenters. The Morgan fingerprint density at radius 2 is 1.89 bits per heavy atom. The third-order valence-electron chi connectivity index (χ3n) is 4.24. The van der Waals surface area contributed by atoms with E-state index in [4.69, 9.17) is 0 Å². The van der Waals surface area contributed by atoms with E-state index in [1.165, 1.54) is 19.8 Å². The van der Waals surface area contributed by atoms with Crippen molar-refractivity contribution >= 4 is 11.7 Å². The molecule has 1 aromatic heterocycles. The number of H-pyrrole nitrogens is 1. The molecule has 1 saturated carbocycles. The summed E-state index contributed by atoms with van der Waals surface area (Å²) >= 11 is 0. The first-order chi connectivity index (χ1) is 8.84. The number of amides is 1. The predicted molar refractivity (Wildman–Crippen MR) is 74.6 cm³/mol. The molecule has 0 radical (unpaired) electrons. The van der Waals surface area contributed by atoms with Gasteiger partial charge in [-0.15, -0.1) is 0 Å². The van der Waals surface area contributed by atoms with Gasteiger partial charge in [0.15, 0.2) is 5.78 Å². The van der Waals surface area contributed by atoms with Crippen molar-refractivity contribution < 1.29 is 9.59 Å². The number of Topliss-reactive ketones (excluding diaryl/α,β-unsaturated/α-hetero) is 1. The van der Waals surface area contributed by atoms with Gasteiger partial charge in [0.2, 0.25) is 0 Å². The maximum absolute atomic E-state index is 12.5. The van der Waals surface area contributed by atoms with Crippen LogP contribution in [0.4, 0.5) is 0 Å². The van der Waals surface area contributed by atoms with Crippen molar-refractivity contribution in [3.63, 3.8) is 0 Å². The summed E-state index contributed by atoms with van der Waals surface area (Å²) < 4.78 is 0. The number of rotatable bonds is 4. The molecule has 4 nitrogen and oxygen atoms in total. The number of aromatic amines is 1. The second-order valence-electron chi connectivity index (χ2n) is 5.68. The van der Waals surface area contributed by atoms with Gasteiger partial charge in [-0.3, -0.25) is 9.59 Å². The summed E-state index contributed by atoms with van der Waals surface area (Å²) in [5.74, 6) is 0.619. The lowest BCUT2D eigenvalue weighted by Gasteiger charge is -2.24. The zero-order chi connectivity index (χ0) is 14.3. The van der Waals surface area contributed by atoms with Crippen LogP contribution in [-0.2, 0) is 0 Å². The lowest BCUT2D eigenvalue weighted by atomic mass is 10.1. The van der Waals surface area contributed by atoms with Crippen molar-refractivity contribution in [3.05, 3.63) is 22.5 Å². The van der Waals surface area contributed by atoms with Gasteiger partial charge in [0.1, 0.15) is 5.69 Å². The first kappa shape index (κ1) is 13.8. The van der Waals surface area contributed by atoms with Gasteiger partial charge in [0.25, 0.3) is 5.91 Å². The van der Waals surface area contributed by atoms with Gasteiger partial charge >= 0.3 is 0 Å². The van der Waals surface area contributed by atoms with Crippen LogP contribution in [0, 0.1) is 19.8 Å². The molecule has 4 heteroatoms. The number of hydrogen-bond donors (Lipinski definition) is 1. The molecule has 1 fully saturated rings. The molecule has 1 aliphatic rings. The quantitative estimate of drug-likeness (QED) is 0.848. The van der Waals surface area contributed by atoms with E-state index in [1.807, 2.05) is 20.9 Å². The van der Waals surface area contributed by atoms with Crippen LogP contribution in [0.25, 0.3) is 0 Å². The van der Waals surface area contributed by atoms with E-state index in [2.05, 4.69) is 11.9 Å². The van der Waals surface area contributed by atoms with Gasteiger partial charge in [-0.05, 0) is 52.0 Å². The summed E-state index contributed by atoms with van der Waals surface area (Å²) in [6.45, 7) is 7.30. The van der Waals surface area contributed by atoms with Crippen LogP contribution in [0.3, 0.4) is 0 Å². The molecule has 1 heterocycles. The topological polar surface area (TPSA) is 53.2 Å². The van der Waals surface area contributed by atoms with Gasteiger partial charge in [-0.2, -0.15) is 0 Å². The van der Waals surface area contributed by atoms with Crippen molar-refractivity contribution in [2.24, 2.45) is 5.92 Å². The molecule has 0 saturated heterocycles. The molecular formula is C15H22N2O2. The van der Waals surface area contributed by atoms with Crippen LogP contribution in [0.2, 0.25) is 0 Å². The van der Waals surface area contributed by atoms with E-state index in [1.54, 1.807) is 4.90 Å². The molecule has 1 amide bonds. The van der Waals surface area contributed by atoms with E-state index >= 15 is 0 Å². The van der Waals surface area contributed by atoms with Crippen molar-refractivity contribution in [3.8, 4) is 0 Å². The molecule has 0 bridgehead atoms. The summed E-state index contributed by atoms with van der Waals surface area (Å²) in [6.07, 6.45) is 2.42. The largest absolute Gasteiger partial charge is 0.354 e. The van der Waals surface area contributed by atoms with Crippen LogP contribution >= 0.6 is 0 Å². The molecule has 19 heavy (non-hydrogen) atoms. The Kier molecular flexibility index (Phi) is 3.52. The van der Waals surface area contributed by atoms with Crippen molar-refractivity contribution in [1.82, 2.24) is 9.88 Å². The Balaban J connectivity index is 2.28. The molecule has 1 aromatic rings. The van der Waals surface area contributed by atoms with Crippen LogP contribution in [0.1, 0.15) is 58.8 Å². The van der Waals surface area contributed by atoms with E-state index in [-0.39, 0.29) is 17.7 Å². The average Bonchev–Trinajstić information content (AvgIpc) is 3.13. The van der Waals surface area contributed by atoms with Crippen molar-refractivity contribution in [2.45, 2.75) is 46.6 Å². The van der Waals surface area contributed by atoms with E-state index in [9.17, 15) is 9.59 Å². The molecule has 0 spiro atoms. The molecule has 0 aromatic carbocycles. The number of aromatic nitrogens is 1. The predicted octanol–water partition coefficient (Wildman–Crippen LogP) is 2.70. The minimum Gasteiger partial charge on any atom is -0.354 e. The number of hydrogen-bond acceptors (Lipinski definition) is 2. The zero-order valence-corrected chi connectivity index (χ0v) is 12.3. The molecule has 2 rings (SSSR count). The number of nitrogens with one attached hydrogen (secondary N) is 1. The van der Waals surface area contributed by atoms with Crippen LogP contribution in [-0.4, -0.2) is 34.7 Å². The number of nitrogens with zero attached hydrogens (tertiary/aromatic N) is 1. The van der Waals surface area contributed by atoms with E-state index in [0.29, 0.717) is 17.2 Å². The lowest BCUT2D eigenvalue weighted by Crippen LogP contribution is -2.37. The van der Waals surface area contributed by atoms with Crippen LogP contribution in [0.15, 0.2) is 0 Å². The number of carbonyl (C=O) groups excluding carboxylic acids is 2. The maximum Gasteiger partial charge on any atom is 0.270 e. The van der Waals surface area contributed by atoms with E-state index < -0.39 is 0 Å². The fraction of sp³-hybridized carbons (Fsp3) is 0.600. The van der Waals surface area contributed by atoms with Gasteiger partial charge < -0.3 is 9.88 Å². The standard InChI is InChI=1S/C15H22N2O2/c1-8-13(11(4)18)9(2)16-14(8)15(19)17(5)10(3)12-6-7-12/h10,12,16H,6-7H2,1-5H3/t10-/m0/s1. The Morgan fingerprint density at radius 3 is 2.32 bits per heavy atom. The van der Waals surface area contributed by atoms with E-state index in [0.717, 1.165) is 11.3 Å². The smallest absolute Gasteiger partial charge is 0.270 e. The summed E-state index contributed by atoms with van der Waals surface area (Å²) in [4.78, 5) is 29.0. The van der Waals surface area contributed by atoms with Gasteiger partial charge in [-0.25, -0.2) is 0 Å². The fourth-order valence-corrected chi connectivity index (χ4v) is 2.75. The Bertz CT molecular complexity index is 526. The fourth-order valence-electron chi connectivity index (χ4n) is 2.75. The first-order valence-corrected chi connectivity index (χ1v) is 6.81. The molecule has 104 valence electrons. The first-order valence-electron chi connectivity index (χ1n) is 6.81. The van der Waals surface area contributed by atoms with Crippen molar-refractivity contribution in [1.29, 1.82) is 0 Å². The highest BCUT2D eigenvalue weighted by Crippen LogP contribution is 2.35. The highest BCUT2D eigenvalue weighted by atomic mass is 16.2. The SMILES string of the molecule is CC(=O)c1c(C)[nH]c(C(=O)N(C)[C@@H](C)C2CC2)c1C. The summed E-state index contributed by atoms with van der Waals surface area (Å²) in [5, 5.41) is 0. The second kappa shape index (κ2) is 4.83. The van der Waals surface area contributed by atoms with Gasteiger partial charge in [-0.1, -0.05) is 0 Å². The Labute approximate surface area is 114 Å². The molecule has 0 aliphatic heterocycles. The van der Waals surface area contributed by atoms with Gasteiger partial charge in [0, 0.05) is 24.3 Å². The Hall–Kier alpha value is -1.58. The highest BCUT2D eigenvalue weighted by Gasteiger charge is 2.34. The minimum absolute atomic E-state index is 0.00296. The summed E-state index contributed by atoms with van der Waals surface area (Å²) in [7, 11) is 1.84. The molecular weight excluding hydrogens is 240 g/mol. The number of ketones is 1. The average molecular weight is 262 g/mol. The van der Waals surface area contributed by atoms with Crippen LogP contribution in [0.5, 0.6) is 0 Å². The zero-order valence-electron chi connectivity index (χ0n) is 12.3. The maximum atomic E-state index is 12.5.